The molecule has 2 saturated heterocycles. The lowest BCUT2D eigenvalue weighted by atomic mass is 10.0. The van der Waals surface area contributed by atoms with Gasteiger partial charge in [-0.1, -0.05) is 12.1 Å². The Hall–Kier alpha value is -2.14. The Morgan fingerprint density at radius 2 is 1.62 bits per heavy atom. The zero-order chi connectivity index (χ0) is 17.9. The minimum absolute atomic E-state index is 0.760. The molecule has 4 rings (SSSR count). The van der Waals surface area contributed by atoms with Gasteiger partial charge in [-0.25, -0.2) is 9.97 Å². The van der Waals surface area contributed by atoms with Crippen LogP contribution in [-0.4, -0.2) is 61.2 Å². The van der Waals surface area contributed by atoms with Crippen molar-refractivity contribution in [2.75, 3.05) is 50.1 Å². The van der Waals surface area contributed by atoms with Crippen LogP contribution in [0, 0.1) is 0 Å². The number of nitrogens with zero attached hydrogens (tertiary/aromatic N) is 5. The lowest BCUT2D eigenvalue weighted by molar-refractivity contribution is 0.207. The highest BCUT2D eigenvalue weighted by Gasteiger charge is 2.27. The number of anilines is 2. The summed E-state index contributed by atoms with van der Waals surface area (Å²) >= 11 is 0. The van der Waals surface area contributed by atoms with Gasteiger partial charge in [-0.15, -0.1) is 0 Å². The van der Waals surface area contributed by atoms with Crippen LogP contribution in [0.4, 0.5) is 11.6 Å². The molecule has 0 spiro atoms. The number of rotatable bonds is 4. The van der Waals surface area contributed by atoms with Gasteiger partial charge in [0, 0.05) is 50.7 Å². The quantitative estimate of drug-likeness (QED) is 0.845. The highest BCUT2D eigenvalue weighted by atomic mass is 15.3. The molecular weight excluding hydrogens is 322 g/mol. The van der Waals surface area contributed by atoms with E-state index in [0.717, 1.165) is 36.3 Å². The fourth-order valence-electron chi connectivity index (χ4n) is 4.13. The van der Waals surface area contributed by atoms with E-state index in [2.05, 4.69) is 58.0 Å². The monoisotopic (exact) mass is 351 g/mol. The van der Waals surface area contributed by atoms with Crippen LogP contribution in [0.5, 0.6) is 0 Å². The summed E-state index contributed by atoms with van der Waals surface area (Å²) in [6.45, 7) is 4.70. The second-order valence-electron chi connectivity index (χ2n) is 7.64. The molecule has 1 aromatic carbocycles. The molecule has 2 aromatic rings. The second kappa shape index (κ2) is 7.62. The Bertz CT molecular complexity index is 713. The predicted octanol–water partition coefficient (Wildman–Crippen LogP) is 3.27. The summed E-state index contributed by atoms with van der Waals surface area (Å²) in [5.41, 5.74) is 3.35. The van der Waals surface area contributed by atoms with Gasteiger partial charge in [0.15, 0.2) is 0 Å². The summed E-state index contributed by atoms with van der Waals surface area (Å²) in [6.07, 6.45) is 7.09. The average Bonchev–Trinajstić information content (AvgIpc) is 3.23. The third kappa shape index (κ3) is 3.68. The molecule has 0 atom stereocenters. The zero-order valence-corrected chi connectivity index (χ0v) is 15.9. The molecule has 26 heavy (non-hydrogen) atoms. The number of hydrogen-bond donors (Lipinski definition) is 0. The zero-order valence-electron chi connectivity index (χ0n) is 15.9. The van der Waals surface area contributed by atoms with Gasteiger partial charge >= 0.3 is 0 Å². The van der Waals surface area contributed by atoms with Crippen molar-refractivity contribution in [2.24, 2.45) is 0 Å². The number of piperidine rings is 1. The SMILES string of the molecule is CN(C)c1ccc(-c2ccnc(N3CCC(N4CCCC4)CC3)n2)cc1. The van der Waals surface area contributed by atoms with Crippen LogP contribution in [0.25, 0.3) is 11.3 Å². The van der Waals surface area contributed by atoms with E-state index in [1.54, 1.807) is 0 Å². The first-order chi connectivity index (χ1) is 12.7. The lowest BCUT2D eigenvalue weighted by Crippen LogP contribution is -2.44. The Morgan fingerprint density at radius 3 is 2.27 bits per heavy atom. The first kappa shape index (κ1) is 17.3. The smallest absolute Gasteiger partial charge is 0.225 e. The van der Waals surface area contributed by atoms with Gasteiger partial charge in [-0.05, 0) is 57.0 Å². The minimum atomic E-state index is 0.760. The molecule has 0 aliphatic carbocycles. The molecule has 2 aliphatic rings. The third-order valence-corrected chi connectivity index (χ3v) is 5.73. The first-order valence-corrected chi connectivity index (χ1v) is 9.80. The van der Waals surface area contributed by atoms with E-state index in [9.17, 15) is 0 Å². The highest BCUT2D eigenvalue weighted by Crippen LogP contribution is 2.25. The van der Waals surface area contributed by atoms with Crippen molar-refractivity contribution >= 4 is 11.6 Å². The summed E-state index contributed by atoms with van der Waals surface area (Å²) in [5.74, 6) is 0.874. The first-order valence-electron chi connectivity index (χ1n) is 9.80. The molecule has 1 aromatic heterocycles. The number of benzene rings is 1. The van der Waals surface area contributed by atoms with Crippen molar-refractivity contribution in [3.05, 3.63) is 36.5 Å². The van der Waals surface area contributed by atoms with Crippen LogP contribution in [0.3, 0.4) is 0 Å². The Labute approximate surface area is 156 Å². The maximum Gasteiger partial charge on any atom is 0.225 e. The van der Waals surface area contributed by atoms with Crippen molar-refractivity contribution in [1.29, 1.82) is 0 Å². The van der Waals surface area contributed by atoms with Gasteiger partial charge in [-0.2, -0.15) is 0 Å². The molecule has 0 saturated carbocycles. The van der Waals surface area contributed by atoms with Crippen LogP contribution in [0.15, 0.2) is 36.5 Å². The Morgan fingerprint density at radius 1 is 0.923 bits per heavy atom. The van der Waals surface area contributed by atoms with E-state index in [4.69, 9.17) is 4.98 Å². The van der Waals surface area contributed by atoms with Crippen molar-refractivity contribution in [1.82, 2.24) is 14.9 Å². The van der Waals surface area contributed by atoms with Crippen LogP contribution in [0.2, 0.25) is 0 Å². The van der Waals surface area contributed by atoms with Gasteiger partial charge < -0.3 is 14.7 Å². The summed E-state index contributed by atoms with van der Waals surface area (Å²) in [4.78, 5) is 16.5. The van der Waals surface area contributed by atoms with Crippen LogP contribution in [-0.2, 0) is 0 Å². The maximum absolute atomic E-state index is 4.85. The molecule has 0 N–H and O–H groups in total. The van der Waals surface area contributed by atoms with Crippen molar-refractivity contribution in [3.63, 3.8) is 0 Å². The van der Waals surface area contributed by atoms with E-state index in [-0.39, 0.29) is 0 Å². The van der Waals surface area contributed by atoms with E-state index >= 15 is 0 Å². The molecule has 2 aliphatic heterocycles. The fourth-order valence-corrected chi connectivity index (χ4v) is 4.13. The Kier molecular flexibility index (Phi) is 5.07. The summed E-state index contributed by atoms with van der Waals surface area (Å²) in [7, 11) is 4.12. The molecule has 0 amide bonds. The largest absolute Gasteiger partial charge is 0.378 e. The molecule has 3 heterocycles. The molecule has 5 nitrogen and oxygen atoms in total. The third-order valence-electron chi connectivity index (χ3n) is 5.73. The standard InChI is InChI=1S/C21H29N5/c1-24(2)18-7-5-17(6-8-18)20-9-12-22-21(23-20)26-15-10-19(11-16-26)25-13-3-4-14-25/h5-9,12,19H,3-4,10-11,13-16H2,1-2H3. The van der Waals surface area contributed by atoms with Crippen molar-refractivity contribution in [3.8, 4) is 11.3 Å². The van der Waals surface area contributed by atoms with Crippen LogP contribution < -0.4 is 9.80 Å². The summed E-state index contributed by atoms with van der Waals surface area (Å²) < 4.78 is 0. The predicted molar refractivity (Wildman–Crippen MR) is 108 cm³/mol. The maximum atomic E-state index is 4.85. The summed E-state index contributed by atoms with van der Waals surface area (Å²) in [6, 6.07) is 11.3. The number of aromatic nitrogens is 2. The van der Waals surface area contributed by atoms with Gasteiger partial charge in [-0.3, -0.25) is 0 Å². The van der Waals surface area contributed by atoms with Crippen LogP contribution in [0.1, 0.15) is 25.7 Å². The highest BCUT2D eigenvalue weighted by molar-refractivity contribution is 5.63. The lowest BCUT2D eigenvalue weighted by Gasteiger charge is -2.36. The Balaban J connectivity index is 1.44. The molecular formula is C21H29N5. The summed E-state index contributed by atoms with van der Waals surface area (Å²) in [5, 5.41) is 0. The van der Waals surface area contributed by atoms with Gasteiger partial charge in [0.05, 0.1) is 5.69 Å². The van der Waals surface area contributed by atoms with E-state index < -0.39 is 0 Å². The molecule has 2 fully saturated rings. The average molecular weight is 351 g/mol. The topological polar surface area (TPSA) is 35.5 Å². The van der Waals surface area contributed by atoms with E-state index in [1.807, 2.05) is 12.3 Å². The van der Waals surface area contributed by atoms with Crippen molar-refractivity contribution in [2.45, 2.75) is 31.7 Å². The van der Waals surface area contributed by atoms with Gasteiger partial charge in [0.1, 0.15) is 0 Å². The molecule has 0 radical (unpaired) electrons. The van der Waals surface area contributed by atoms with Gasteiger partial charge in [0.25, 0.3) is 0 Å². The van der Waals surface area contributed by atoms with E-state index in [1.165, 1.54) is 44.5 Å². The normalized spacial score (nSPS) is 19.1. The van der Waals surface area contributed by atoms with Gasteiger partial charge in [0.2, 0.25) is 5.95 Å². The molecule has 0 unspecified atom stereocenters. The number of likely N-dealkylation sites (tertiary alicyclic amines) is 1. The molecule has 138 valence electrons. The van der Waals surface area contributed by atoms with Crippen LogP contribution >= 0.6 is 0 Å². The van der Waals surface area contributed by atoms with Crippen molar-refractivity contribution < 1.29 is 0 Å². The fraction of sp³-hybridized carbons (Fsp3) is 0.524. The molecule has 0 bridgehead atoms. The van der Waals surface area contributed by atoms with E-state index in [0.29, 0.717) is 0 Å². The number of hydrogen-bond acceptors (Lipinski definition) is 5. The molecule has 5 heteroatoms. The minimum Gasteiger partial charge on any atom is -0.378 e. The second-order valence-corrected chi connectivity index (χ2v) is 7.64.